The van der Waals surface area contributed by atoms with E-state index in [1.54, 1.807) is 11.3 Å². The Morgan fingerprint density at radius 2 is 1.48 bits per heavy atom. The van der Waals surface area contributed by atoms with Crippen LogP contribution in [0.3, 0.4) is 0 Å². The van der Waals surface area contributed by atoms with Crippen molar-refractivity contribution in [2.45, 2.75) is 19.3 Å². The molecule has 1 saturated heterocycles. The number of thiophene rings is 1. The summed E-state index contributed by atoms with van der Waals surface area (Å²) in [6.07, 6.45) is -4.42. The van der Waals surface area contributed by atoms with Crippen LogP contribution >= 0.6 is 11.3 Å². The molecule has 33 heavy (non-hydrogen) atoms. The standard InChI is InChI=1S/C21H19F3N6O2S/c22-21(23,24)15-4-1-3-14(11-15)19-25-17(31-27-19)12-29-6-8-30(9-7-29)13-18-26-20(28-32-18)16-5-2-10-33-16/h1-5,10-11H,6-9,12-13H2. The Bertz CT molecular complexity index is 1200. The van der Waals surface area contributed by atoms with Crippen LogP contribution < -0.4 is 0 Å². The Labute approximate surface area is 190 Å². The van der Waals surface area contributed by atoms with Crippen LogP contribution in [0.2, 0.25) is 0 Å². The highest BCUT2D eigenvalue weighted by molar-refractivity contribution is 7.13. The number of piperazine rings is 1. The first-order chi connectivity index (χ1) is 15.9. The van der Waals surface area contributed by atoms with Gasteiger partial charge in [0.05, 0.1) is 23.5 Å². The second-order valence-electron chi connectivity index (χ2n) is 7.63. The summed E-state index contributed by atoms with van der Waals surface area (Å²) in [5, 5.41) is 9.86. The fourth-order valence-electron chi connectivity index (χ4n) is 3.58. The van der Waals surface area contributed by atoms with Gasteiger partial charge in [-0.15, -0.1) is 11.3 Å². The Hall–Kier alpha value is -3.09. The fourth-order valence-corrected chi connectivity index (χ4v) is 4.23. The van der Waals surface area contributed by atoms with Gasteiger partial charge in [-0.1, -0.05) is 28.5 Å². The molecule has 4 aromatic rings. The van der Waals surface area contributed by atoms with Crippen LogP contribution in [-0.2, 0) is 19.3 Å². The topological polar surface area (TPSA) is 84.3 Å². The van der Waals surface area contributed by atoms with E-state index in [-0.39, 0.29) is 11.4 Å². The molecule has 3 aromatic heterocycles. The largest absolute Gasteiger partial charge is 0.416 e. The molecule has 0 atom stereocenters. The van der Waals surface area contributed by atoms with Gasteiger partial charge in [0, 0.05) is 31.7 Å². The summed E-state index contributed by atoms with van der Waals surface area (Å²) >= 11 is 1.56. The van der Waals surface area contributed by atoms with Crippen molar-refractivity contribution in [1.29, 1.82) is 0 Å². The van der Waals surface area contributed by atoms with E-state index in [9.17, 15) is 13.2 Å². The van der Waals surface area contributed by atoms with Crippen molar-refractivity contribution in [2.75, 3.05) is 26.2 Å². The lowest BCUT2D eigenvalue weighted by molar-refractivity contribution is -0.137. The number of hydrogen-bond acceptors (Lipinski definition) is 9. The highest BCUT2D eigenvalue weighted by atomic mass is 32.1. The minimum Gasteiger partial charge on any atom is -0.338 e. The normalized spacial score (nSPS) is 15.8. The van der Waals surface area contributed by atoms with Crippen LogP contribution in [0.25, 0.3) is 22.1 Å². The lowest BCUT2D eigenvalue weighted by Crippen LogP contribution is -2.45. The molecule has 0 saturated carbocycles. The molecule has 1 aliphatic rings. The maximum absolute atomic E-state index is 12.9. The van der Waals surface area contributed by atoms with E-state index in [0.29, 0.717) is 30.7 Å². The second-order valence-corrected chi connectivity index (χ2v) is 8.58. The summed E-state index contributed by atoms with van der Waals surface area (Å²) in [5.41, 5.74) is -0.475. The van der Waals surface area contributed by atoms with Crippen molar-refractivity contribution in [1.82, 2.24) is 30.1 Å². The molecule has 0 bridgehead atoms. The van der Waals surface area contributed by atoms with Crippen LogP contribution in [0, 0.1) is 0 Å². The predicted octanol–water partition coefficient (Wildman–Crippen LogP) is 4.18. The van der Waals surface area contributed by atoms with E-state index >= 15 is 0 Å². The van der Waals surface area contributed by atoms with Crippen LogP contribution in [0.5, 0.6) is 0 Å². The number of benzene rings is 1. The van der Waals surface area contributed by atoms with Gasteiger partial charge >= 0.3 is 6.18 Å². The van der Waals surface area contributed by atoms with E-state index in [4.69, 9.17) is 9.05 Å². The van der Waals surface area contributed by atoms with E-state index in [2.05, 4.69) is 30.1 Å². The van der Waals surface area contributed by atoms with Crippen molar-refractivity contribution < 1.29 is 22.2 Å². The summed E-state index contributed by atoms with van der Waals surface area (Å²) in [6, 6.07) is 8.80. The fraction of sp³-hybridized carbons (Fsp3) is 0.333. The summed E-state index contributed by atoms with van der Waals surface area (Å²) in [7, 11) is 0. The van der Waals surface area contributed by atoms with E-state index in [0.717, 1.165) is 43.2 Å². The molecule has 1 fully saturated rings. The van der Waals surface area contributed by atoms with Crippen LogP contribution in [0.4, 0.5) is 13.2 Å². The molecule has 0 spiro atoms. The van der Waals surface area contributed by atoms with Gasteiger partial charge in [-0.2, -0.15) is 23.1 Å². The van der Waals surface area contributed by atoms with Gasteiger partial charge in [0.25, 0.3) is 0 Å². The SMILES string of the molecule is FC(F)(F)c1cccc(-c2noc(CN3CCN(Cc4nc(-c5cccs5)no4)CC3)n2)c1. The third kappa shape index (κ3) is 5.13. The number of halogens is 3. The molecule has 12 heteroatoms. The number of rotatable bonds is 6. The number of nitrogens with zero attached hydrogens (tertiary/aromatic N) is 6. The molecule has 172 valence electrons. The summed E-state index contributed by atoms with van der Waals surface area (Å²) in [4.78, 5) is 14.1. The molecule has 1 aromatic carbocycles. The van der Waals surface area contributed by atoms with Crippen LogP contribution in [0.15, 0.2) is 50.8 Å². The molecular formula is C21H19F3N6O2S. The van der Waals surface area contributed by atoms with Gasteiger partial charge in [-0.05, 0) is 23.6 Å². The van der Waals surface area contributed by atoms with Gasteiger partial charge in [0.15, 0.2) is 0 Å². The molecule has 0 aliphatic carbocycles. The van der Waals surface area contributed by atoms with Gasteiger partial charge < -0.3 is 9.05 Å². The van der Waals surface area contributed by atoms with Crippen molar-refractivity contribution in [3.05, 3.63) is 59.1 Å². The van der Waals surface area contributed by atoms with E-state index < -0.39 is 11.7 Å². The Morgan fingerprint density at radius 1 is 0.848 bits per heavy atom. The van der Waals surface area contributed by atoms with Gasteiger partial charge in [-0.25, -0.2) is 0 Å². The van der Waals surface area contributed by atoms with Crippen LogP contribution in [0.1, 0.15) is 17.3 Å². The molecule has 0 unspecified atom stereocenters. The summed E-state index contributed by atoms with van der Waals surface area (Å²) in [6.45, 7) is 4.15. The molecule has 0 radical (unpaired) electrons. The minimum absolute atomic E-state index is 0.146. The third-order valence-corrected chi connectivity index (χ3v) is 6.17. The summed E-state index contributed by atoms with van der Waals surface area (Å²) < 4.78 is 49.5. The zero-order valence-corrected chi connectivity index (χ0v) is 18.1. The van der Waals surface area contributed by atoms with Crippen molar-refractivity contribution in [2.24, 2.45) is 0 Å². The molecular weight excluding hydrogens is 457 g/mol. The first-order valence-corrected chi connectivity index (χ1v) is 11.1. The second kappa shape index (κ2) is 9.04. The smallest absolute Gasteiger partial charge is 0.338 e. The van der Waals surface area contributed by atoms with Gasteiger partial charge in [-0.3, -0.25) is 9.80 Å². The lowest BCUT2D eigenvalue weighted by Gasteiger charge is -2.32. The van der Waals surface area contributed by atoms with Crippen molar-refractivity contribution >= 4 is 11.3 Å². The number of hydrogen-bond donors (Lipinski definition) is 0. The Morgan fingerprint density at radius 3 is 2.09 bits per heavy atom. The molecule has 0 amide bonds. The Balaban J connectivity index is 1.14. The maximum Gasteiger partial charge on any atom is 0.416 e. The van der Waals surface area contributed by atoms with Crippen molar-refractivity contribution in [3.8, 4) is 22.1 Å². The van der Waals surface area contributed by atoms with Gasteiger partial charge in [0.1, 0.15) is 0 Å². The van der Waals surface area contributed by atoms with Gasteiger partial charge in [0.2, 0.25) is 23.4 Å². The average Bonchev–Trinajstić information content (AvgIpc) is 3.57. The zero-order valence-electron chi connectivity index (χ0n) is 17.3. The van der Waals surface area contributed by atoms with E-state index in [1.807, 2.05) is 17.5 Å². The minimum atomic E-state index is -4.42. The number of aromatic nitrogens is 4. The number of alkyl halides is 3. The van der Waals surface area contributed by atoms with Crippen molar-refractivity contribution in [3.63, 3.8) is 0 Å². The molecule has 1 aliphatic heterocycles. The Kier molecular flexibility index (Phi) is 5.96. The molecule has 5 rings (SSSR count). The van der Waals surface area contributed by atoms with Crippen LogP contribution in [-0.4, -0.2) is 56.3 Å². The average molecular weight is 476 g/mol. The third-order valence-electron chi connectivity index (χ3n) is 5.31. The maximum atomic E-state index is 12.9. The first-order valence-electron chi connectivity index (χ1n) is 10.3. The summed E-state index contributed by atoms with van der Waals surface area (Å²) in [5.74, 6) is 1.70. The quantitative estimate of drug-likeness (QED) is 0.410. The predicted molar refractivity (Wildman–Crippen MR) is 113 cm³/mol. The lowest BCUT2D eigenvalue weighted by atomic mass is 10.1. The van der Waals surface area contributed by atoms with E-state index in [1.165, 1.54) is 12.1 Å². The molecule has 8 nitrogen and oxygen atoms in total. The monoisotopic (exact) mass is 476 g/mol. The highest BCUT2D eigenvalue weighted by Gasteiger charge is 2.31. The highest BCUT2D eigenvalue weighted by Crippen LogP contribution is 2.31. The molecule has 4 heterocycles. The first kappa shape index (κ1) is 21.7. The molecule has 0 N–H and O–H groups in total. The zero-order chi connectivity index (χ0) is 22.8.